The van der Waals surface area contributed by atoms with Crippen molar-refractivity contribution in [3.8, 4) is 0 Å². The van der Waals surface area contributed by atoms with Gasteiger partial charge in [-0.05, 0) is 6.92 Å². The molecule has 0 spiro atoms. The van der Waals surface area contributed by atoms with E-state index in [1.165, 1.54) is 0 Å². The number of carbonyl (C=O) groups excluding carboxylic acids is 1. The number of carbonyl (C=O) groups is 1. The summed E-state index contributed by atoms with van der Waals surface area (Å²) in [6.45, 7) is 4.43. The molecule has 1 aromatic carbocycles. The van der Waals surface area contributed by atoms with E-state index in [-0.39, 0.29) is 31.1 Å². The van der Waals surface area contributed by atoms with E-state index in [4.69, 9.17) is 33.1 Å². The molecule has 0 heterocycles. The monoisotopic (exact) mass is 499 g/mol. The molecule has 17 heavy (non-hydrogen) atoms. The molecule has 3 nitrogen and oxygen atoms in total. The van der Waals surface area contributed by atoms with Crippen LogP contribution in [0.25, 0.3) is 0 Å². The van der Waals surface area contributed by atoms with Crippen LogP contribution in [0.15, 0.2) is 18.2 Å². The van der Waals surface area contributed by atoms with Crippen molar-refractivity contribution in [3.05, 3.63) is 47.2 Å². The zero-order valence-corrected chi connectivity index (χ0v) is 15.0. The van der Waals surface area contributed by atoms with Crippen molar-refractivity contribution < 1.29 is 41.0 Å². The smallest absolute Gasteiger partial charge is 0.402 e. The molecule has 1 rings (SSSR count). The van der Waals surface area contributed by atoms with E-state index in [1.54, 1.807) is 31.5 Å². The van der Waals surface area contributed by atoms with Crippen molar-refractivity contribution in [1.82, 2.24) is 0 Å². The first-order valence-corrected chi connectivity index (χ1v) is 5.18. The van der Waals surface area contributed by atoms with Crippen molar-refractivity contribution in [1.29, 1.82) is 0 Å². The molecule has 0 aliphatic carbocycles. The average molecular weight is 500 g/mol. The standard InChI is InChI=1S/C9H9Cl2O.C2H4NO.U/c1-6(12)5-7-8(10)3-2-4-9(7)11;1-2(3)4;/h2-6,12H,1H3;1H2,(H2,3,4);/q2*-1;+2/t6-;;/m1../s1. The van der Waals surface area contributed by atoms with E-state index in [0.717, 1.165) is 0 Å². The van der Waals surface area contributed by atoms with Crippen LogP contribution in [0.2, 0.25) is 10.0 Å². The molecule has 0 aliphatic rings. The predicted octanol–water partition coefficient (Wildman–Crippen LogP) is 2.23. The molecule has 92 valence electrons. The maximum Gasteiger partial charge on any atom is 2.00 e. The maximum atomic E-state index is 9.11. The Hall–Kier alpha value is 0.0219. The van der Waals surface area contributed by atoms with Gasteiger partial charge in [0.25, 0.3) is 0 Å². The summed E-state index contributed by atoms with van der Waals surface area (Å²) in [5.74, 6) is -0.583. The van der Waals surface area contributed by atoms with Gasteiger partial charge in [0.05, 0.1) is 5.91 Å². The van der Waals surface area contributed by atoms with Gasteiger partial charge in [-0.15, -0.1) is 12.1 Å². The number of hydrogen-bond acceptors (Lipinski definition) is 2. The molecule has 0 saturated heterocycles. The zero-order valence-electron chi connectivity index (χ0n) is 9.28. The van der Waals surface area contributed by atoms with Crippen LogP contribution in [0.4, 0.5) is 0 Å². The summed E-state index contributed by atoms with van der Waals surface area (Å²) in [5.41, 5.74) is 5.05. The molecule has 1 amide bonds. The van der Waals surface area contributed by atoms with Gasteiger partial charge in [-0.2, -0.15) is 35.2 Å². The summed E-state index contributed by atoms with van der Waals surface area (Å²) in [5, 5.41) is 10.2. The van der Waals surface area contributed by atoms with E-state index in [1.807, 2.05) is 0 Å². The first-order valence-electron chi connectivity index (χ1n) is 4.43. The molecule has 6 heteroatoms. The van der Waals surface area contributed by atoms with E-state index in [2.05, 4.69) is 12.7 Å². The summed E-state index contributed by atoms with van der Waals surface area (Å²) >= 11 is 11.7. The van der Waals surface area contributed by atoms with Gasteiger partial charge >= 0.3 is 31.1 Å². The quantitative estimate of drug-likeness (QED) is 0.613. The second kappa shape index (κ2) is 9.99. The normalized spacial score (nSPS) is 10.4. The number of benzene rings is 1. The molecule has 1 atom stereocenters. The summed E-state index contributed by atoms with van der Waals surface area (Å²) in [7, 11) is 0. The Balaban J connectivity index is 0. The van der Waals surface area contributed by atoms with Gasteiger partial charge < -0.3 is 22.6 Å². The number of amides is 1. The summed E-state index contributed by atoms with van der Waals surface area (Å²) < 4.78 is 0. The maximum absolute atomic E-state index is 9.11. The fourth-order valence-electron chi connectivity index (χ4n) is 0.911. The zero-order chi connectivity index (χ0) is 12.7. The Bertz CT molecular complexity index is 335. The van der Waals surface area contributed by atoms with Crippen molar-refractivity contribution in [2.45, 2.75) is 13.0 Å². The van der Waals surface area contributed by atoms with Crippen LogP contribution in [0.5, 0.6) is 0 Å². The molecule has 0 aliphatic heterocycles. The topological polar surface area (TPSA) is 63.3 Å². The summed E-state index contributed by atoms with van der Waals surface area (Å²) in [6.07, 6.45) is 1.08. The van der Waals surface area contributed by atoms with Gasteiger partial charge in [0.2, 0.25) is 0 Å². The van der Waals surface area contributed by atoms with Crippen molar-refractivity contribution >= 4 is 29.1 Å². The van der Waals surface area contributed by atoms with Crippen LogP contribution in [0.1, 0.15) is 12.5 Å². The first-order chi connectivity index (χ1) is 7.34. The van der Waals surface area contributed by atoms with Gasteiger partial charge in [0, 0.05) is 6.10 Å². The third-order valence-corrected chi connectivity index (χ3v) is 2.07. The third-order valence-electron chi connectivity index (χ3n) is 1.41. The molecular formula is C11H13Cl2NO2U. The second-order valence-electron chi connectivity index (χ2n) is 3.01. The Morgan fingerprint density at radius 2 is 1.82 bits per heavy atom. The van der Waals surface area contributed by atoms with Crippen LogP contribution in [0.3, 0.4) is 0 Å². The number of nitrogens with two attached hydrogens (primary N) is 1. The van der Waals surface area contributed by atoms with Crippen LogP contribution in [-0.2, 0) is 4.79 Å². The molecule has 0 aromatic heterocycles. The van der Waals surface area contributed by atoms with Crippen LogP contribution in [0, 0.1) is 44.5 Å². The third kappa shape index (κ3) is 9.70. The Labute approximate surface area is 135 Å². The van der Waals surface area contributed by atoms with Gasteiger partial charge in [-0.3, -0.25) is 0 Å². The fourth-order valence-corrected chi connectivity index (χ4v) is 1.43. The molecule has 0 bridgehead atoms. The predicted molar refractivity (Wildman–Crippen MR) is 66.1 cm³/mol. The summed E-state index contributed by atoms with van der Waals surface area (Å²) in [6, 6.07) is 5.24. The van der Waals surface area contributed by atoms with Crippen LogP contribution >= 0.6 is 23.2 Å². The van der Waals surface area contributed by atoms with Gasteiger partial charge in [-0.1, -0.05) is 16.1 Å². The van der Waals surface area contributed by atoms with Gasteiger partial charge in [0.15, 0.2) is 0 Å². The minimum Gasteiger partial charge on any atom is -0.402 e. The molecule has 0 fully saturated rings. The molecule has 3 N–H and O–H groups in total. The van der Waals surface area contributed by atoms with E-state index in [0.29, 0.717) is 15.6 Å². The Morgan fingerprint density at radius 1 is 1.47 bits per heavy atom. The van der Waals surface area contributed by atoms with E-state index in [9.17, 15) is 0 Å². The minimum atomic E-state index is -0.583. The number of rotatable bonds is 2. The number of halogens is 2. The first kappa shape index (κ1) is 19.4. The molecule has 0 saturated carbocycles. The van der Waals surface area contributed by atoms with Crippen molar-refractivity contribution in [3.63, 3.8) is 0 Å². The van der Waals surface area contributed by atoms with Gasteiger partial charge in [-0.25, -0.2) is 0 Å². The Kier molecular flexibility index (Phi) is 11.4. The van der Waals surface area contributed by atoms with E-state index >= 15 is 0 Å². The number of primary amides is 1. The fraction of sp³-hybridized carbons (Fsp3) is 0.182. The number of aliphatic hydroxyl groups excluding tert-OH is 1. The molecule has 1 aromatic rings. The molecule has 0 unspecified atom stereocenters. The summed E-state index contributed by atoms with van der Waals surface area (Å²) in [4.78, 5) is 9.11. The SMILES string of the molecule is C[C@@H](O)[CH-]c1c(Cl)cccc1Cl.[CH2-]C(N)=O.[U+2]. The van der Waals surface area contributed by atoms with Gasteiger partial charge in [0.1, 0.15) is 0 Å². The number of hydrogen-bond donors (Lipinski definition) is 2. The van der Waals surface area contributed by atoms with Crippen molar-refractivity contribution in [2.75, 3.05) is 0 Å². The largest absolute Gasteiger partial charge is 2.00 e. The molecular weight excluding hydrogens is 487 g/mol. The Morgan fingerprint density at radius 3 is 2.12 bits per heavy atom. The second-order valence-corrected chi connectivity index (χ2v) is 3.82. The minimum absolute atomic E-state index is 0. The van der Waals surface area contributed by atoms with Crippen LogP contribution in [-0.4, -0.2) is 17.1 Å². The van der Waals surface area contributed by atoms with Crippen molar-refractivity contribution in [2.24, 2.45) is 5.73 Å². The average Bonchev–Trinajstić information content (AvgIpc) is 2.10. The molecule has 0 radical (unpaired) electrons. The van der Waals surface area contributed by atoms with E-state index < -0.39 is 12.0 Å². The van der Waals surface area contributed by atoms with Crippen LogP contribution < -0.4 is 5.73 Å². The number of aliphatic hydroxyl groups is 1.